The monoisotopic (exact) mass is 305 g/mol. The quantitative estimate of drug-likeness (QED) is 0.809. The Morgan fingerprint density at radius 3 is 2.57 bits per heavy atom. The van der Waals surface area contributed by atoms with Gasteiger partial charge in [-0.25, -0.2) is 0 Å². The molecule has 0 radical (unpaired) electrons. The summed E-state index contributed by atoms with van der Waals surface area (Å²) in [6.45, 7) is 0. The summed E-state index contributed by atoms with van der Waals surface area (Å²) in [5.74, 6) is 1.57. The Morgan fingerprint density at radius 1 is 1.14 bits per heavy atom. The van der Waals surface area contributed by atoms with Crippen molar-refractivity contribution in [1.29, 1.82) is 0 Å². The van der Waals surface area contributed by atoms with Crippen LogP contribution < -0.4 is 14.8 Å². The second-order valence-electron chi connectivity index (χ2n) is 5.00. The van der Waals surface area contributed by atoms with Gasteiger partial charge in [-0.3, -0.25) is 0 Å². The molecule has 0 aliphatic heterocycles. The van der Waals surface area contributed by atoms with Crippen molar-refractivity contribution in [3.63, 3.8) is 0 Å². The van der Waals surface area contributed by atoms with Crippen molar-refractivity contribution < 1.29 is 9.47 Å². The van der Waals surface area contributed by atoms with Crippen molar-refractivity contribution in [2.24, 2.45) is 0 Å². The molecule has 4 heteroatoms. The maximum absolute atomic E-state index is 5.37. The number of benzene rings is 1. The second kappa shape index (κ2) is 8.05. The lowest BCUT2D eigenvalue weighted by Crippen LogP contribution is -2.28. The van der Waals surface area contributed by atoms with E-state index in [0.29, 0.717) is 6.04 Å². The molecule has 0 bridgehead atoms. The van der Waals surface area contributed by atoms with E-state index in [1.807, 2.05) is 24.5 Å². The maximum atomic E-state index is 5.37. The largest absolute Gasteiger partial charge is 0.493 e. The number of rotatable bonds is 8. The van der Waals surface area contributed by atoms with Crippen LogP contribution in [0.2, 0.25) is 0 Å². The Hall–Kier alpha value is -1.52. The summed E-state index contributed by atoms with van der Waals surface area (Å²) in [6.07, 6.45) is 3.24. The molecule has 114 valence electrons. The first-order valence-electron chi connectivity index (χ1n) is 7.17. The summed E-state index contributed by atoms with van der Waals surface area (Å²) in [6, 6.07) is 10.9. The molecule has 2 rings (SSSR count). The van der Waals surface area contributed by atoms with Crippen LogP contribution in [0.25, 0.3) is 0 Å². The first-order valence-corrected chi connectivity index (χ1v) is 8.05. The van der Waals surface area contributed by atoms with E-state index in [1.165, 1.54) is 10.4 Å². The molecule has 21 heavy (non-hydrogen) atoms. The van der Waals surface area contributed by atoms with Gasteiger partial charge in [0.2, 0.25) is 0 Å². The summed E-state index contributed by atoms with van der Waals surface area (Å²) >= 11 is 1.83. The first kappa shape index (κ1) is 15.9. The van der Waals surface area contributed by atoms with Crippen LogP contribution in [0.3, 0.4) is 0 Å². The normalized spacial score (nSPS) is 12.1. The van der Waals surface area contributed by atoms with Crippen molar-refractivity contribution in [2.45, 2.75) is 25.3 Å². The van der Waals surface area contributed by atoms with E-state index in [2.05, 4.69) is 35.0 Å². The SMILES string of the molecule is CNC(CCc1cccs1)Cc1ccc(OC)c(OC)c1. The topological polar surface area (TPSA) is 30.5 Å². The highest BCUT2D eigenvalue weighted by atomic mass is 32.1. The Kier molecular flexibility index (Phi) is 6.08. The number of likely N-dealkylation sites (N-methyl/N-ethyl adjacent to an activating group) is 1. The highest BCUT2D eigenvalue weighted by Crippen LogP contribution is 2.28. The fourth-order valence-corrected chi connectivity index (χ4v) is 3.14. The summed E-state index contributed by atoms with van der Waals surface area (Å²) < 4.78 is 10.6. The van der Waals surface area contributed by atoms with Crippen molar-refractivity contribution in [3.8, 4) is 11.5 Å². The van der Waals surface area contributed by atoms with Gasteiger partial charge in [0.1, 0.15) is 0 Å². The van der Waals surface area contributed by atoms with E-state index in [1.54, 1.807) is 14.2 Å². The molecule has 1 N–H and O–H groups in total. The van der Waals surface area contributed by atoms with Gasteiger partial charge in [0.05, 0.1) is 14.2 Å². The Bertz CT molecular complexity index is 540. The number of methoxy groups -OCH3 is 2. The van der Waals surface area contributed by atoms with Gasteiger partial charge in [-0.1, -0.05) is 12.1 Å². The molecule has 0 saturated carbocycles. The third kappa shape index (κ3) is 4.48. The number of ether oxygens (including phenoxy) is 2. The van der Waals surface area contributed by atoms with Crippen molar-refractivity contribution in [1.82, 2.24) is 5.32 Å². The van der Waals surface area contributed by atoms with Crippen LogP contribution >= 0.6 is 11.3 Å². The lowest BCUT2D eigenvalue weighted by atomic mass is 10.0. The molecule has 1 heterocycles. The molecule has 0 saturated heterocycles. The van der Waals surface area contributed by atoms with E-state index < -0.39 is 0 Å². The van der Waals surface area contributed by atoms with Gasteiger partial charge < -0.3 is 14.8 Å². The zero-order valence-electron chi connectivity index (χ0n) is 12.9. The van der Waals surface area contributed by atoms with Crippen molar-refractivity contribution in [3.05, 3.63) is 46.2 Å². The lowest BCUT2D eigenvalue weighted by molar-refractivity contribution is 0.354. The minimum atomic E-state index is 0.463. The van der Waals surface area contributed by atoms with Gasteiger partial charge >= 0.3 is 0 Å². The van der Waals surface area contributed by atoms with Crippen LogP contribution in [0.15, 0.2) is 35.7 Å². The van der Waals surface area contributed by atoms with E-state index in [4.69, 9.17) is 9.47 Å². The predicted octanol–water partition coefficient (Wildman–Crippen LogP) is 3.53. The molecule has 2 aromatic rings. The first-order chi connectivity index (χ1) is 10.3. The average Bonchev–Trinajstić information content (AvgIpc) is 3.04. The number of hydrogen-bond donors (Lipinski definition) is 1. The number of hydrogen-bond acceptors (Lipinski definition) is 4. The van der Waals surface area contributed by atoms with Crippen molar-refractivity contribution in [2.75, 3.05) is 21.3 Å². The molecule has 0 spiro atoms. The number of aryl methyl sites for hydroxylation is 1. The van der Waals surface area contributed by atoms with E-state index >= 15 is 0 Å². The molecule has 1 atom stereocenters. The molecule has 3 nitrogen and oxygen atoms in total. The van der Waals surface area contributed by atoms with Crippen LogP contribution in [-0.2, 0) is 12.8 Å². The summed E-state index contributed by atoms with van der Waals surface area (Å²) in [5.41, 5.74) is 1.26. The standard InChI is InChI=1S/C17H23NO2S/c1-18-14(7-8-15-5-4-10-21-15)11-13-6-9-16(19-2)17(12-13)20-3/h4-6,9-10,12,14,18H,7-8,11H2,1-3H3. The van der Waals surface area contributed by atoms with Gasteiger partial charge in [-0.05, 0) is 55.5 Å². The van der Waals surface area contributed by atoms with E-state index in [0.717, 1.165) is 30.8 Å². The van der Waals surface area contributed by atoms with Crippen LogP contribution in [-0.4, -0.2) is 27.3 Å². The molecule has 1 aromatic heterocycles. The highest BCUT2D eigenvalue weighted by molar-refractivity contribution is 7.09. The second-order valence-corrected chi connectivity index (χ2v) is 6.03. The fraction of sp³-hybridized carbons (Fsp3) is 0.412. The molecule has 0 fully saturated rings. The molecule has 1 unspecified atom stereocenters. The van der Waals surface area contributed by atoms with Crippen LogP contribution in [0.1, 0.15) is 16.9 Å². The fourth-order valence-electron chi connectivity index (χ4n) is 2.41. The molecular formula is C17H23NO2S. The van der Waals surface area contributed by atoms with Crippen molar-refractivity contribution >= 4 is 11.3 Å². The minimum Gasteiger partial charge on any atom is -0.493 e. The number of nitrogens with one attached hydrogen (secondary N) is 1. The van der Waals surface area contributed by atoms with Crippen LogP contribution in [0, 0.1) is 0 Å². The van der Waals surface area contributed by atoms with Crippen LogP contribution in [0.4, 0.5) is 0 Å². The molecule has 0 aliphatic carbocycles. The lowest BCUT2D eigenvalue weighted by Gasteiger charge is -2.17. The summed E-state index contributed by atoms with van der Waals surface area (Å²) in [7, 11) is 5.36. The van der Waals surface area contributed by atoms with Gasteiger partial charge in [0.15, 0.2) is 11.5 Å². The van der Waals surface area contributed by atoms with E-state index in [9.17, 15) is 0 Å². The zero-order chi connectivity index (χ0) is 15.1. The minimum absolute atomic E-state index is 0.463. The molecule has 1 aromatic carbocycles. The third-order valence-electron chi connectivity index (χ3n) is 3.66. The Balaban J connectivity index is 1.97. The van der Waals surface area contributed by atoms with Gasteiger partial charge in [0.25, 0.3) is 0 Å². The molecule has 0 aliphatic rings. The Labute approximate surface area is 130 Å². The predicted molar refractivity (Wildman–Crippen MR) is 88.7 cm³/mol. The molecular weight excluding hydrogens is 282 g/mol. The average molecular weight is 305 g/mol. The van der Waals surface area contributed by atoms with Gasteiger partial charge in [0, 0.05) is 10.9 Å². The van der Waals surface area contributed by atoms with Gasteiger partial charge in [-0.2, -0.15) is 0 Å². The number of thiophene rings is 1. The van der Waals surface area contributed by atoms with E-state index in [-0.39, 0.29) is 0 Å². The Morgan fingerprint density at radius 2 is 1.95 bits per heavy atom. The van der Waals surface area contributed by atoms with Gasteiger partial charge in [-0.15, -0.1) is 11.3 Å². The summed E-state index contributed by atoms with van der Waals surface area (Å²) in [4.78, 5) is 1.45. The smallest absolute Gasteiger partial charge is 0.160 e. The summed E-state index contributed by atoms with van der Waals surface area (Å²) in [5, 5.41) is 5.55. The molecule has 0 amide bonds. The maximum Gasteiger partial charge on any atom is 0.160 e. The third-order valence-corrected chi connectivity index (χ3v) is 4.59. The highest BCUT2D eigenvalue weighted by Gasteiger charge is 2.11. The zero-order valence-corrected chi connectivity index (χ0v) is 13.7. The van der Waals surface area contributed by atoms with Crippen LogP contribution in [0.5, 0.6) is 11.5 Å².